The number of nitrogens with zero attached hydrogens (tertiary/aromatic N) is 1. The zero-order chi connectivity index (χ0) is 14.3. The van der Waals surface area contributed by atoms with Crippen molar-refractivity contribution in [3.8, 4) is 0 Å². The summed E-state index contributed by atoms with van der Waals surface area (Å²) < 4.78 is 5.33. The number of ether oxygens (including phenoxy) is 1. The molecule has 2 rings (SSSR count). The van der Waals surface area contributed by atoms with E-state index in [1.54, 1.807) is 4.90 Å². The molecule has 110 valence electrons. The molecule has 1 amide bonds. The van der Waals surface area contributed by atoms with Crippen LogP contribution in [0.2, 0.25) is 0 Å². The van der Waals surface area contributed by atoms with Gasteiger partial charge in [-0.3, -0.25) is 0 Å². The second kappa shape index (κ2) is 4.94. The molecule has 2 aliphatic rings. The van der Waals surface area contributed by atoms with Crippen LogP contribution in [-0.4, -0.2) is 46.4 Å². The van der Waals surface area contributed by atoms with Crippen LogP contribution in [-0.2, 0) is 4.74 Å². The second-order valence-electron chi connectivity index (χ2n) is 6.97. The van der Waals surface area contributed by atoms with E-state index in [0.717, 1.165) is 12.8 Å². The molecule has 3 N–H and O–H groups in total. The zero-order valence-corrected chi connectivity index (χ0v) is 12.2. The molecular formula is C14H26N2O3. The number of aliphatic hydroxyl groups is 1. The summed E-state index contributed by atoms with van der Waals surface area (Å²) in [6.45, 7) is 6.33. The van der Waals surface area contributed by atoms with Gasteiger partial charge in [0, 0.05) is 12.6 Å². The van der Waals surface area contributed by atoms with Crippen molar-refractivity contribution in [1.82, 2.24) is 4.90 Å². The van der Waals surface area contributed by atoms with E-state index in [0.29, 0.717) is 25.4 Å². The van der Waals surface area contributed by atoms with Gasteiger partial charge in [0.25, 0.3) is 0 Å². The monoisotopic (exact) mass is 270 g/mol. The maximum atomic E-state index is 12.0. The summed E-state index contributed by atoms with van der Waals surface area (Å²) in [5.41, 5.74) is 4.73. The van der Waals surface area contributed by atoms with Gasteiger partial charge in [-0.05, 0) is 46.0 Å². The van der Waals surface area contributed by atoms with Gasteiger partial charge >= 0.3 is 6.09 Å². The fourth-order valence-corrected chi connectivity index (χ4v) is 2.81. The quantitative estimate of drug-likeness (QED) is 0.797. The highest BCUT2D eigenvalue weighted by Gasteiger charge is 2.47. The number of amides is 1. The Hall–Kier alpha value is -0.810. The van der Waals surface area contributed by atoms with Crippen molar-refractivity contribution in [2.45, 2.75) is 63.7 Å². The molecule has 2 atom stereocenters. The van der Waals surface area contributed by atoms with Crippen LogP contribution in [0.15, 0.2) is 0 Å². The van der Waals surface area contributed by atoms with Crippen molar-refractivity contribution in [3.05, 3.63) is 0 Å². The first-order chi connectivity index (χ1) is 8.71. The largest absolute Gasteiger partial charge is 0.444 e. The second-order valence-corrected chi connectivity index (χ2v) is 6.97. The van der Waals surface area contributed by atoms with Crippen molar-refractivity contribution >= 4 is 6.09 Å². The van der Waals surface area contributed by atoms with E-state index in [-0.39, 0.29) is 12.1 Å². The molecule has 0 aromatic carbocycles. The molecule has 1 aliphatic carbocycles. The molecule has 19 heavy (non-hydrogen) atoms. The predicted octanol–water partition coefficient (Wildman–Crippen LogP) is 1.49. The highest BCUT2D eigenvalue weighted by Crippen LogP contribution is 2.37. The SMILES string of the molecule is CC(C)(C)OC(=O)N1CCC(O)(C(N)C2CCC2)C1. The minimum Gasteiger partial charge on any atom is -0.444 e. The Morgan fingerprint density at radius 3 is 2.58 bits per heavy atom. The highest BCUT2D eigenvalue weighted by atomic mass is 16.6. The van der Waals surface area contributed by atoms with Crippen molar-refractivity contribution in [2.24, 2.45) is 11.7 Å². The van der Waals surface area contributed by atoms with Crippen LogP contribution in [0, 0.1) is 5.92 Å². The summed E-state index contributed by atoms with van der Waals surface area (Å²) in [5.74, 6) is 0.406. The standard InChI is InChI=1S/C14H26N2O3/c1-13(2,3)19-12(17)16-8-7-14(18,9-16)11(15)10-5-4-6-10/h10-11,18H,4-9,15H2,1-3H3. The maximum absolute atomic E-state index is 12.0. The number of β-amino-alcohol motifs (C(OH)–C–C–N with tert-alkyl or cyclic N) is 1. The number of nitrogens with two attached hydrogens (primary N) is 1. The molecule has 1 saturated heterocycles. The lowest BCUT2D eigenvalue weighted by molar-refractivity contribution is -0.0159. The Morgan fingerprint density at radius 1 is 1.47 bits per heavy atom. The van der Waals surface area contributed by atoms with Crippen molar-refractivity contribution in [3.63, 3.8) is 0 Å². The average Bonchev–Trinajstić information content (AvgIpc) is 2.57. The van der Waals surface area contributed by atoms with Gasteiger partial charge in [0.05, 0.1) is 12.1 Å². The van der Waals surface area contributed by atoms with Crippen molar-refractivity contribution in [1.29, 1.82) is 0 Å². The number of hydrogen-bond acceptors (Lipinski definition) is 4. The normalized spacial score (nSPS) is 30.1. The number of carbonyl (C=O) groups is 1. The third-order valence-electron chi connectivity index (χ3n) is 4.21. The van der Waals surface area contributed by atoms with E-state index in [9.17, 15) is 9.90 Å². The Labute approximate surface area is 115 Å². The Morgan fingerprint density at radius 2 is 2.11 bits per heavy atom. The molecule has 1 aliphatic heterocycles. The van der Waals surface area contributed by atoms with E-state index < -0.39 is 11.2 Å². The van der Waals surface area contributed by atoms with Crippen LogP contribution in [0.1, 0.15) is 46.5 Å². The van der Waals surface area contributed by atoms with Gasteiger partial charge in [-0.15, -0.1) is 0 Å². The predicted molar refractivity (Wildman–Crippen MR) is 72.7 cm³/mol. The molecule has 1 heterocycles. The summed E-state index contributed by atoms with van der Waals surface area (Å²) >= 11 is 0. The first-order valence-electron chi connectivity index (χ1n) is 7.17. The molecule has 0 spiro atoms. The van der Waals surface area contributed by atoms with Crippen LogP contribution in [0.4, 0.5) is 4.79 Å². The van der Waals surface area contributed by atoms with Crippen molar-refractivity contribution in [2.75, 3.05) is 13.1 Å². The van der Waals surface area contributed by atoms with Crippen LogP contribution < -0.4 is 5.73 Å². The van der Waals surface area contributed by atoms with E-state index in [1.165, 1.54) is 6.42 Å². The summed E-state index contributed by atoms with van der Waals surface area (Å²) in [6.07, 6.45) is 3.57. The summed E-state index contributed by atoms with van der Waals surface area (Å²) in [6, 6.07) is -0.228. The lowest BCUT2D eigenvalue weighted by Crippen LogP contribution is -2.55. The molecule has 5 nitrogen and oxygen atoms in total. The van der Waals surface area contributed by atoms with E-state index in [4.69, 9.17) is 10.5 Å². The summed E-state index contributed by atoms with van der Waals surface area (Å²) in [4.78, 5) is 13.5. The molecular weight excluding hydrogens is 244 g/mol. The molecule has 0 aromatic rings. The molecule has 1 saturated carbocycles. The summed E-state index contributed by atoms with van der Waals surface area (Å²) in [7, 11) is 0. The fourth-order valence-electron chi connectivity index (χ4n) is 2.81. The van der Waals surface area contributed by atoms with Gasteiger partial charge in [0.2, 0.25) is 0 Å². The van der Waals surface area contributed by atoms with Gasteiger partial charge in [0.1, 0.15) is 5.60 Å². The maximum Gasteiger partial charge on any atom is 0.410 e. The first kappa shape index (κ1) is 14.6. The highest BCUT2D eigenvalue weighted by molar-refractivity contribution is 5.68. The van der Waals surface area contributed by atoms with Gasteiger partial charge in [-0.2, -0.15) is 0 Å². The lowest BCUT2D eigenvalue weighted by atomic mass is 9.73. The van der Waals surface area contributed by atoms with E-state index in [1.807, 2.05) is 20.8 Å². The van der Waals surface area contributed by atoms with Crippen LogP contribution >= 0.6 is 0 Å². The van der Waals surface area contributed by atoms with E-state index in [2.05, 4.69) is 0 Å². The van der Waals surface area contributed by atoms with Gasteiger partial charge in [0.15, 0.2) is 0 Å². The van der Waals surface area contributed by atoms with Gasteiger partial charge in [-0.1, -0.05) is 6.42 Å². The molecule has 0 bridgehead atoms. The number of rotatable bonds is 2. The third-order valence-corrected chi connectivity index (χ3v) is 4.21. The number of hydrogen-bond donors (Lipinski definition) is 2. The fraction of sp³-hybridized carbons (Fsp3) is 0.929. The van der Waals surface area contributed by atoms with Crippen molar-refractivity contribution < 1.29 is 14.6 Å². The minimum atomic E-state index is -0.942. The number of likely N-dealkylation sites (tertiary alicyclic amines) is 1. The van der Waals surface area contributed by atoms with Crippen LogP contribution in [0.5, 0.6) is 0 Å². The lowest BCUT2D eigenvalue weighted by Gasteiger charge is -2.39. The van der Waals surface area contributed by atoms with Gasteiger partial charge in [-0.25, -0.2) is 4.79 Å². The van der Waals surface area contributed by atoms with E-state index >= 15 is 0 Å². The molecule has 5 heteroatoms. The number of carbonyl (C=O) groups excluding carboxylic acids is 1. The van der Waals surface area contributed by atoms with Crippen LogP contribution in [0.25, 0.3) is 0 Å². The Balaban J connectivity index is 1.93. The third kappa shape index (κ3) is 3.20. The molecule has 0 radical (unpaired) electrons. The Bertz CT molecular complexity index is 349. The molecule has 2 unspecified atom stereocenters. The minimum absolute atomic E-state index is 0.228. The smallest absolute Gasteiger partial charge is 0.410 e. The molecule has 2 fully saturated rings. The zero-order valence-electron chi connectivity index (χ0n) is 12.2. The Kier molecular flexibility index (Phi) is 3.80. The van der Waals surface area contributed by atoms with Crippen LogP contribution in [0.3, 0.4) is 0 Å². The average molecular weight is 270 g/mol. The van der Waals surface area contributed by atoms with Gasteiger partial charge < -0.3 is 20.5 Å². The molecule has 0 aromatic heterocycles. The summed E-state index contributed by atoms with van der Waals surface area (Å²) in [5, 5.41) is 10.6. The topological polar surface area (TPSA) is 75.8 Å². The first-order valence-corrected chi connectivity index (χ1v) is 7.17.